The van der Waals surface area contributed by atoms with Crippen molar-refractivity contribution in [3.8, 4) is 0 Å². The highest BCUT2D eigenvalue weighted by molar-refractivity contribution is 8.00. The quantitative estimate of drug-likeness (QED) is 0.125. The van der Waals surface area contributed by atoms with Gasteiger partial charge in [0.25, 0.3) is 0 Å². The molecule has 0 saturated heterocycles. The van der Waals surface area contributed by atoms with E-state index in [1.54, 1.807) is 0 Å². The maximum absolute atomic E-state index is 12.1. The van der Waals surface area contributed by atoms with Crippen molar-refractivity contribution in [3.63, 3.8) is 0 Å². The molecule has 0 aliphatic heterocycles. The molecule has 12 nitrogen and oxygen atoms in total. The van der Waals surface area contributed by atoms with Gasteiger partial charge >= 0.3 is 5.97 Å². The number of nitrogens with one attached hydrogen (secondary N) is 3. The number of thioether (sulfide) groups is 1. The summed E-state index contributed by atoms with van der Waals surface area (Å²) in [5.41, 5.74) is 0. The molecule has 0 aromatic heterocycles. The average Bonchev–Trinajstić information content (AvgIpc) is 2.82. The number of carbonyl (C=O) groups is 4. The molecule has 0 bridgehead atoms. The molecule has 0 aliphatic rings. The number of amides is 3. The van der Waals surface area contributed by atoms with E-state index in [-0.39, 0.29) is 31.3 Å². The molecule has 3 amide bonds. The molecule has 0 heterocycles. The Morgan fingerprint density at radius 3 is 1.89 bits per heavy atom. The lowest BCUT2D eigenvalue weighted by Gasteiger charge is -2.14. The second-order valence-electron chi connectivity index (χ2n) is 7.18. The van der Waals surface area contributed by atoms with Crippen LogP contribution in [-0.2, 0) is 38.1 Å². The Kier molecular flexibility index (Phi) is 22.5. The van der Waals surface area contributed by atoms with Gasteiger partial charge in [-0.15, -0.1) is 11.8 Å². The van der Waals surface area contributed by atoms with Crippen molar-refractivity contribution in [1.82, 2.24) is 16.0 Å². The fourth-order valence-corrected chi connectivity index (χ4v) is 3.48. The van der Waals surface area contributed by atoms with Gasteiger partial charge in [-0.05, 0) is 19.1 Å². The van der Waals surface area contributed by atoms with E-state index in [4.69, 9.17) is 24.1 Å². The minimum atomic E-state index is -1.05. The Morgan fingerprint density at radius 1 is 0.771 bits per heavy atom. The van der Waals surface area contributed by atoms with E-state index in [1.165, 1.54) is 11.8 Å². The largest absolute Gasteiger partial charge is 0.481 e. The number of ether oxygens (including phenoxy) is 4. The number of aliphatic carboxylic acids is 1. The first-order valence-electron chi connectivity index (χ1n) is 11.9. The molecule has 0 spiro atoms. The fraction of sp³-hybridized carbons (Fsp3) is 0.818. The van der Waals surface area contributed by atoms with Crippen LogP contribution in [0.2, 0.25) is 0 Å². The molecule has 1 atom stereocenters. The Bertz CT molecular complexity index is 597. The molecule has 0 aromatic carbocycles. The average molecular weight is 524 g/mol. The molecule has 35 heavy (non-hydrogen) atoms. The number of carboxylic acids is 1. The Labute approximate surface area is 211 Å². The molecule has 0 aromatic rings. The first-order valence-corrected chi connectivity index (χ1v) is 12.9. The van der Waals surface area contributed by atoms with Crippen LogP contribution in [0, 0.1) is 0 Å². The number of carboxylic acid groups (broad SMARTS) is 1. The van der Waals surface area contributed by atoms with Crippen LogP contribution >= 0.6 is 11.8 Å². The van der Waals surface area contributed by atoms with E-state index >= 15 is 0 Å². The summed E-state index contributed by atoms with van der Waals surface area (Å²) < 4.78 is 21.4. The molecule has 0 rings (SSSR count). The first-order chi connectivity index (χ1) is 16.9. The SMILES string of the molecule is CCCSC(CC(=O)O)C(=O)NCC(=O)NCCOCCOCCOCCOCCC(=O)NCC. The summed E-state index contributed by atoms with van der Waals surface area (Å²) in [5.74, 6) is -1.24. The molecule has 204 valence electrons. The third kappa shape index (κ3) is 22.3. The Balaban J connectivity index is 3.53. The normalized spacial score (nSPS) is 11.6. The highest BCUT2D eigenvalue weighted by Gasteiger charge is 2.22. The molecular weight excluding hydrogens is 482 g/mol. The minimum absolute atomic E-state index is 0.0278. The fourth-order valence-electron chi connectivity index (χ4n) is 2.46. The molecule has 0 aliphatic carbocycles. The van der Waals surface area contributed by atoms with Gasteiger partial charge < -0.3 is 40.0 Å². The monoisotopic (exact) mass is 523 g/mol. The van der Waals surface area contributed by atoms with Crippen molar-refractivity contribution in [3.05, 3.63) is 0 Å². The van der Waals surface area contributed by atoms with E-state index in [0.717, 1.165) is 6.42 Å². The van der Waals surface area contributed by atoms with E-state index < -0.39 is 17.1 Å². The maximum atomic E-state index is 12.1. The number of rotatable bonds is 24. The molecule has 13 heteroatoms. The lowest BCUT2D eigenvalue weighted by atomic mass is 10.3. The van der Waals surface area contributed by atoms with Crippen LogP contribution in [0.15, 0.2) is 0 Å². The predicted molar refractivity (Wildman–Crippen MR) is 131 cm³/mol. The van der Waals surface area contributed by atoms with Crippen LogP contribution in [0.25, 0.3) is 0 Å². The topological polar surface area (TPSA) is 162 Å². The van der Waals surface area contributed by atoms with Gasteiger partial charge in [0.2, 0.25) is 17.7 Å². The van der Waals surface area contributed by atoms with Crippen molar-refractivity contribution in [2.75, 3.05) is 78.2 Å². The summed E-state index contributed by atoms with van der Waals surface area (Å²) in [6.07, 6.45) is 0.880. The van der Waals surface area contributed by atoms with Crippen LogP contribution in [0.5, 0.6) is 0 Å². The van der Waals surface area contributed by atoms with Crippen LogP contribution in [-0.4, -0.2) is 112 Å². The van der Waals surface area contributed by atoms with E-state index in [0.29, 0.717) is 71.6 Å². The zero-order chi connectivity index (χ0) is 26.2. The van der Waals surface area contributed by atoms with Crippen LogP contribution < -0.4 is 16.0 Å². The van der Waals surface area contributed by atoms with Crippen molar-refractivity contribution in [2.45, 2.75) is 38.4 Å². The van der Waals surface area contributed by atoms with Gasteiger partial charge in [-0.1, -0.05) is 6.92 Å². The lowest BCUT2D eigenvalue weighted by Crippen LogP contribution is -2.42. The van der Waals surface area contributed by atoms with E-state index in [2.05, 4.69) is 16.0 Å². The summed E-state index contributed by atoms with van der Waals surface area (Å²) in [6.45, 7) is 7.56. The van der Waals surface area contributed by atoms with Gasteiger partial charge in [0.05, 0.1) is 71.1 Å². The minimum Gasteiger partial charge on any atom is -0.481 e. The van der Waals surface area contributed by atoms with Crippen LogP contribution in [0.4, 0.5) is 0 Å². The van der Waals surface area contributed by atoms with Gasteiger partial charge in [0.15, 0.2) is 0 Å². The lowest BCUT2D eigenvalue weighted by molar-refractivity contribution is -0.138. The zero-order valence-electron chi connectivity index (χ0n) is 20.8. The number of hydrogen-bond acceptors (Lipinski definition) is 9. The smallest absolute Gasteiger partial charge is 0.305 e. The first kappa shape index (κ1) is 33.1. The zero-order valence-corrected chi connectivity index (χ0v) is 21.6. The maximum Gasteiger partial charge on any atom is 0.305 e. The summed E-state index contributed by atoms with van der Waals surface area (Å²) in [6, 6.07) is 0. The van der Waals surface area contributed by atoms with Crippen molar-refractivity contribution < 1.29 is 43.2 Å². The van der Waals surface area contributed by atoms with Crippen molar-refractivity contribution in [2.24, 2.45) is 0 Å². The summed E-state index contributed by atoms with van der Waals surface area (Å²) in [5, 5.41) is 16.0. The number of carbonyl (C=O) groups excluding carboxylic acids is 3. The van der Waals surface area contributed by atoms with Crippen molar-refractivity contribution in [1.29, 1.82) is 0 Å². The number of hydrogen-bond donors (Lipinski definition) is 4. The van der Waals surface area contributed by atoms with E-state index in [1.807, 2.05) is 13.8 Å². The third-order valence-electron chi connectivity index (χ3n) is 4.13. The highest BCUT2D eigenvalue weighted by Crippen LogP contribution is 2.16. The van der Waals surface area contributed by atoms with Gasteiger partial charge in [-0.2, -0.15) is 0 Å². The van der Waals surface area contributed by atoms with Crippen molar-refractivity contribution >= 4 is 35.5 Å². The third-order valence-corrected chi connectivity index (χ3v) is 5.56. The second kappa shape index (κ2) is 23.8. The molecular formula is C22H41N3O9S. The summed E-state index contributed by atoms with van der Waals surface area (Å²) >= 11 is 1.27. The van der Waals surface area contributed by atoms with Crippen LogP contribution in [0.3, 0.4) is 0 Å². The van der Waals surface area contributed by atoms with Gasteiger partial charge in [-0.3, -0.25) is 19.2 Å². The molecule has 1 unspecified atom stereocenters. The Morgan fingerprint density at radius 2 is 1.34 bits per heavy atom. The van der Waals surface area contributed by atoms with Crippen LogP contribution in [0.1, 0.15) is 33.1 Å². The molecule has 0 fully saturated rings. The van der Waals surface area contributed by atoms with Gasteiger partial charge in [-0.25, -0.2) is 0 Å². The summed E-state index contributed by atoms with van der Waals surface area (Å²) in [4.78, 5) is 46.0. The predicted octanol–water partition coefficient (Wildman–Crippen LogP) is -0.202. The van der Waals surface area contributed by atoms with Gasteiger partial charge in [0.1, 0.15) is 0 Å². The Hall–Kier alpha value is -1.93. The standard InChI is InChI=1S/C22H41N3O9S/c1-3-15-35-18(16-21(28)29)22(30)25-17-20(27)24-6-8-32-10-12-34-14-13-33-11-9-31-7-5-19(26)23-4-2/h18H,3-17H2,1-2H3,(H,23,26)(H,24,27)(H,25,30)(H,28,29). The summed E-state index contributed by atoms with van der Waals surface area (Å²) in [7, 11) is 0. The van der Waals surface area contributed by atoms with E-state index in [9.17, 15) is 19.2 Å². The second-order valence-corrected chi connectivity index (χ2v) is 8.49. The highest BCUT2D eigenvalue weighted by atomic mass is 32.2. The van der Waals surface area contributed by atoms with Gasteiger partial charge in [0, 0.05) is 19.5 Å². The molecule has 0 saturated carbocycles. The molecule has 4 N–H and O–H groups in total. The molecule has 0 radical (unpaired) electrons.